The van der Waals surface area contributed by atoms with Crippen molar-refractivity contribution in [3.8, 4) is 0 Å². The third-order valence-electron chi connectivity index (χ3n) is 3.33. The van der Waals surface area contributed by atoms with E-state index in [-0.39, 0.29) is 11.8 Å². The summed E-state index contributed by atoms with van der Waals surface area (Å²) in [6, 6.07) is 3.61. The fourth-order valence-electron chi connectivity index (χ4n) is 1.99. The predicted octanol–water partition coefficient (Wildman–Crippen LogP) is 2.09. The Morgan fingerprint density at radius 1 is 1.35 bits per heavy atom. The molecule has 0 radical (unpaired) electrons. The second kappa shape index (κ2) is 5.54. The third-order valence-corrected chi connectivity index (χ3v) is 3.96. The minimum atomic E-state index is -0.524. The van der Waals surface area contributed by atoms with Gasteiger partial charge in [0.05, 0.1) is 29.9 Å². The second-order valence-electron chi connectivity index (χ2n) is 5.26. The van der Waals surface area contributed by atoms with E-state index in [0.717, 1.165) is 5.56 Å². The van der Waals surface area contributed by atoms with Crippen molar-refractivity contribution in [3.63, 3.8) is 0 Å². The molecule has 2 rings (SSSR count). The Morgan fingerprint density at radius 3 is 2.50 bits per heavy atom. The number of nitrogens with one attached hydrogen (secondary N) is 2. The molecule has 0 bridgehead atoms. The van der Waals surface area contributed by atoms with Crippen molar-refractivity contribution >= 4 is 33.4 Å². The lowest BCUT2D eigenvalue weighted by molar-refractivity contribution is -0.151. The first kappa shape index (κ1) is 15.0. The fourth-order valence-corrected chi connectivity index (χ4v) is 2.66. The van der Waals surface area contributed by atoms with Crippen LogP contribution in [-0.4, -0.2) is 32.1 Å². The SMILES string of the molecule is CNC(=O)c1cc(C)cc(Br)c1NC(=O)C1(C)COC1. The zero-order valence-electron chi connectivity index (χ0n) is 11.7. The molecule has 108 valence electrons. The van der Waals surface area contributed by atoms with Crippen molar-refractivity contribution in [2.75, 3.05) is 25.6 Å². The topological polar surface area (TPSA) is 67.4 Å². The molecule has 0 aromatic heterocycles. The molecule has 0 spiro atoms. The Kier molecular flexibility index (Phi) is 4.15. The highest BCUT2D eigenvalue weighted by atomic mass is 79.9. The highest BCUT2D eigenvalue weighted by Gasteiger charge is 2.41. The fraction of sp³-hybridized carbons (Fsp3) is 0.429. The number of carbonyl (C=O) groups is 2. The number of amides is 2. The van der Waals surface area contributed by atoms with Crippen molar-refractivity contribution in [2.24, 2.45) is 5.41 Å². The van der Waals surface area contributed by atoms with Crippen LogP contribution in [0, 0.1) is 12.3 Å². The molecule has 1 heterocycles. The lowest BCUT2D eigenvalue weighted by Crippen LogP contribution is -2.49. The van der Waals surface area contributed by atoms with Gasteiger partial charge in [-0.2, -0.15) is 0 Å². The second-order valence-corrected chi connectivity index (χ2v) is 6.11. The van der Waals surface area contributed by atoms with Gasteiger partial charge in [-0.1, -0.05) is 0 Å². The smallest absolute Gasteiger partial charge is 0.253 e. The molecule has 2 N–H and O–H groups in total. The van der Waals surface area contributed by atoms with Crippen LogP contribution in [0.4, 0.5) is 5.69 Å². The number of halogens is 1. The van der Waals surface area contributed by atoms with Gasteiger partial charge in [0.15, 0.2) is 0 Å². The highest BCUT2D eigenvalue weighted by Crippen LogP contribution is 2.33. The van der Waals surface area contributed by atoms with Gasteiger partial charge in [-0.3, -0.25) is 9.59 Å². The molecular weight excluding hydrogens is 324 g/mol. The molecule has 20 heavy (non-hydrogen) atoms. The van der Waals surface area contributed by atoms with Gasteiger partial charge in [-0.25, -0.2) is 0 Å². The maximum absolute atomic E-state index is 12.3. The lowest BCUT2D eigenvalue weighted by Gasteiger charge is -2.36. The van der Waals surface area contributed by atoms with Gasteiger partial charge in [0, 0.05) is 11.5 Å². The first-order valence-corrected chi connectivity index (χ1v) is 7.08. The van der Waals surface area contributed by atoms with Crippen molar-refractivity contribution in [1.82, 2.24) is 5.32 Å². The number of hydrogen-bond donors (Lipinski definition) is 2. The molecule has 0 aliphatic carbocycles. The molecule has 0 saturated carbocycles. The Balaban J connectivity index is 2.35. The first-order chi connectivity index (χ1) is 9.37. The van der Waals surface area contributed by atoms with E-state index in [0.29, 0.717) is 28.9 Å². The van der Waals surface area contributed by atoms with E-state index in [1.54, 1.807) is 13.1 Å². The molecule has 6 heteroatoms. The van der Waals surface area contributed by atoms with Crippen LogP contribution in [0.15, 0.2) is 16.6 Å². The number of benzene rings is 1. The van der Waals surface area contributed by atoms with Crippen LogP contribution in [0.1, 0.15) is 22.8 Å². The average Bonchev–Trinajstić information content (AvgIpc) is 2.37. The molecule has 0 atom stereocenters. The lowest BCUT2D eigenvalue weighted by atomic mass is 9.87. The van der Waals surface area contributed by atoms with Crippen molar-refractivity contribution < 1.29 is 14.3 Å². The minimum Gasteiger partial charge on any atom is -0.379 e. The zero-order valence-corrected chi connectivity index (χ0v) is 13.3. The number of rotatable bonds is 3. The van der Waals surface area contributed by atoms with Crippen LogP contribution in [0.25, 0.3) is 0 Å². The van der Waals surface area contributed by atoms with Gasteiger partial charge in [0.2, 0.25) is 5.91 Å². The summed E-state index contributed by atoms with van der Waals surface area (Å²) in [4.78, 5) is 24.2. The number of aryl methyl sites for hydroxylation is 1. The van der Waals surface area contributed by atoms with E-state index in [1.165, 1.54) is 0 Å². The van der Waals surface area contributed by atoms with Crippen LogP contribution >= 0.6 is 15.9 Å². The summed E-state index contributed by atoms with van der Waals surface area (Å²) in [5, 5.41) is 5.42. The van der Waals surface area contributed by atoms with Crippen LogP contribution in [-0.2, 0) is 9.53 Å². The summed E-state index contributed by atoms with van der Waals surface area (Å²) in [6.45, 7) is 4.53. The molecule has 1 aliphatic rings. The summed E-state index contributed by atoms with van der Waals surface area (Å²) < 4.78 is 5.78. The molecule has 0 unspecified atom stereocenters. The molecule has 5 nitrogen and oxygen atoms in total. The summed E-state index contributed by atoms with van der Waals surface area (Å²) in [5.41, 5.74) is 1.35. The largest absolute Gasteiger partial charge is 0.379 e. The van der Waals surface area contributed by atoms with E-state index in [1.807, 2.05) is 19.9 Å². The zero-order chi connectivity index (χ0) is 14.9. The number of anilines is 1. The van der Waals surface area contributed by atoms with Crippen LogP contribution in [0.5, 0.6) is 0 Å². The monoisotopic (exact) mass is 340 g/mol. The summed E-state index contributed by atoms with van der Waals surface area (Å²) in [6.07, 6.45) is 0. The van der Waals surface area contributed by atoms with Gasteiger partial charge >= 0.3 is 0 Å². The maximum Gasteiger partial charge on any atom is 0.253 e. The van der Waals surface area contributed by atoms with Gasteiger partial charge in [-0.15, -0.1) is 0 Å². The molecule has 2 amide bonds. The van der Waals surface area contributed by atoms with Gasteiger partial charge in [0.25, 0.3) is 5.91 Å². The Labute approximate surface area is 126 Å². The third kappa shape index (κ3) is 2.71. The highest BCUT2D eigenvalue weighted by molar-refractivity contribution is 9.10. The molecular formula is C14H17BrN2O3. The van der Waals surface area contributed by atoms with Crippen molar-refractivity contribution in [1.29, 1.82) is 0 Å². The van der Waals surface area contributed by atoms with Crippen LogP contribution in [0.2, 0.25) is 0 Å². The molecule has 1 aliphatic heterocycles. The Bertz CT molecular complexity index is 568. The molecule has 1 saturated heterocycles. The van der Waals surface area contributed by atoms with Gasteiger partial charge < -0.3 is 15.4 Å². The van der Waals surface area contributed by atoms with E-state index < -0.39 is 5.41 Å². The van der Waals surface area contributed by atoms with Crippen molar-refractivity contribution in [2.45, 2.75) is 13.8 Å². The number of carbonyl (C=O) groups excluding carboxylic acids is 2. The summed E-state index contributed by atoms with van der Waals surface area (Å²) in [5.74, 6) is -0.377. The summed E-state index contributed by atoms with van der Waals surface area (Å²) in [7, 11) is 1.56. The average molecular weight is 341 g/mol. The molecule has 1 aromatic carbocycles. The maximum atomic E-state index is 12.3. The standard InChI is InChI=1S/C14H17BrN2O3/c1-8-4-9(12(18)16-3)11(10(15)5-8)17-13(19)14(2)6-20-7-14/h4-5H,6-7H2,1-3H3,(H,16,18)(H,17,19). The minimum absolute atomic E-state index is 0.140. The summed E-state index contributed by atoms with van der Waals surface area (Å²) >= 11 is 3.40. The predicted molar refractivity (Wildman–Crippen MR) is 79.8 cm³/mol. The van der Waals surface area contributed by atoms with Crippen LogP contribution in [0.3, 0.4) is 0 Å². The quantitative estimate of drug-likeness (QED) is 0.885. The normalized spacial score (nSPS) is 16.2. The van der Waals surface area contributed by atoms with Gasteiger partial charge in [-0.05, 0) is 47.5 Å². The van der Waals surface area contributed by atoms with E-state index in [4.69, 9.17) is 4.74 Å². The van der Waals surface area contributed by atoms with Gasteiger partial charge in [0.1, 0.15) is 0 Å². The number of hydrogen-bond acceptors (Lipinski definition) is 3. The van der Waals surface area contributed by atoms with Crippen LogP contribution < -0.4 is 10.6 Å². The van der Waals surface area contributed by atoms with E-state index >= 15 is 0 Å². The van der Waals surface area contributed by atoms with E-state index in [9.17, 15) is 9.59 Å². The Morgan fingerprint density at radius 2 is 2.00 bits per heavy atom. The number of ether oxygens (including phenoxy) is 1. The van der Waals surface area contributed by atoms with E-state index in [2.05, 4.69) is 26.6 Å². The Hall–Kier alpha value is -1.40. The molecule has 1 fully saturated rings. The van der Waals surface area contributed by atoms with Crippen molar-refractivity contribution in [3.05, 3.63) is 27.7 Å². The molecule has 1 aromatic rings. The first-order valence-electron chi connectivity index (χ1n) is 6.29.